The third-order valence-electron chi connectivity index (χ3n) is 3.73. The fraction of sp³-hybridized carbons (Fsp3) is 0.833. The number of nitrogens with one attached hydrogen (secondary N) is 1. The van der Waals surface area contributed by atoms with Crippen LogP contribution >= 0.6 is 0 Å². The van der Waals surface area contributed by atoms with Gasteiger partial charge in [0.05, 0.1) is 5.92 Å². The molecule has 96 valence electrons. The molecule has 2 aliphatic heterocycles. The van der Waals surface area contributed by atoms with E-state index in [-0.39, 0.29) is 17.7 Å². The van der Waals surface area contributed by atoms with Crippen LogP contribution in [0.4, 0.5) is 0 Å². The number of nitrogens with zero attached hydrogens (tertiary/aromatic N) is 1. The lowest BCUT2D eigenvalue weighted by atomic mass is 9.93. The Labute approximate surface area is 102 Å². The average molecular weight is 239 g/mol. The number of rotatable bonds is 3. The Morgan fingerprint density at radius 3 is 3.00 bits per heavy atom. The third-order valence-corrected chi connectivity index (χ3v) is 3.73. The van der Waals surface area contributed by atoms with E-state index in [4.69, 9.17) is 5.73 Å². The number of piperidine rings is 1. The van der Waals surface area contributed by atoms with Crippen LogP contribution in [0, 0.1) is 11.8 Å². The Morgan fingerprint density at radius 2 is 2.35 bits per heavy atom. The molecule has 2 unspecified atom stereocenters. The molecule has 17 heavy (non-hydrogen) atoms. The van der Waals surface area contributed by atoms with Crippen molar-refractivity contribution in [3.05, 3.63) is 0 Å². The van der Waals surface area contributed by atoms with Gasteiger partial charge in [-0.2, -0.15) is 0 Å². The summed E-state index contributed by atoms with van der Waals surface area (Å²) in [6.45, 7) is 2.86. The molecule has 0 aromatic heterocycles. The van der Waals surface area contributed by atoms with Crippen LogP contribution in [0.2, 0.25) is 0 Å². The summed E-state index contributed by atoms with van der Waals surface area (Å²) in [5, 5.41) is 2.72. The molecule has 2 fully saturated rings. The van der Waals surface area contributed by atoms with Gasteiger partial charge in [-0.05, 0) is 31.7 Å². The first-order valence-corrected chi connectivity index (χ1v) is 6.46. The first kappa shape index (κ1) is 12.4. The van der Waals surface area contributed by atoms with Gasteiger partial charge in [0, 0.05) is 26.1 Å². The van der Waals surface area contributed by atoms with Crippen molar-refractivity contribution in [2.45, 2.75) is 25.7 Å². The second-order valence-corrected chi connectivity index (χ2v) is 5.07. The van der Waals surface area contributed by atoms with Crippen molar-refractivity contribution in [2.75, 3.05) is 26.2 Å². The van der Waals surface area contributed by atoms with E-state index in [9.17, 15) is 9.59 Å². The zero-order chi connectivity index (χ0) is 12.3. The molecule has 5 nitrogen and oxygen atoms in total. The van der Waals surface area contributed by atoms with Crippen LogP contribution in [-0.2, 0) is 9.59 Å². The van der Waals surface area contributed by atoms with Crippen LogP contribution in [0.25, 0.3) is 0 Å². The lowest BCUT2D eigenvalue weighted by Gasteiger charge is -2.34. The van der Waals surface area contributed by atoms with Gasteiger partial charge < -0.3 is 16.0 Å². The molecule has 0 aromatic carbocycles. The van der Waals surface area contributed by atoms with E-state index in [1.54, 1.807) is 0 Å². The summed E-state index contributed by atoms with van der Waals surface area (Å²) in [5.41, 5.74) is 5.56. The van der Waals surface area contributed by atoms with Crippen LogP contribution in [0.5, 0.6) is 0 Å². The number of amides is 2. The molecular weight excluding hydrogens is 218 g/mol. The smallest absolute Gasteiger partial charge is 0.227 e. The van der Waals surface area contributed by atoms with E-state index in [0.29, 0.717) is 25.4 Å². The maximum Gasteiger partial charge on any atom is 0.227 e. The van der Waals surface area contributed by atoms with Gasteiger partial charge in [0.2, 0.25) is 11.8 Å². The zero-order valence-electron chi connectivity index (χ0n) is 10.2. The molecule has 0 saturated carbocycles. The van der Waals surface area contributed by atoms with E-state index < -0.39 is 0 Å². The van der Waals surface area contributed by atoms with Gasteiger partial charge in [-0.1, -0.05) is 0 Å². The van der Waals surface area contributed by atoms with Gasteiger partial charge in [0.25, 0.3) is 0 Å². The summed E-state index contributed by atoms with van der Waals surface area (Å²) in [6, 6.07) is 0. The first-order valence-electron chi connectivity index (χ1n) is 6.46. The van der Waals surface area contributed by atoms with Gasteiger partial charge >= 0.3 is 0 Å². The minimum absolute atomic E-state index is 0.00105. The van der Waals surface area contributed by atoms with Crippen LogP contribution in [0.3, 0.4) is 0 Å². The molecule has 0 bridgehead atoms. The fourth-order valence-electron chi connectivity index (χ4n) is 2.77. The second-order valence-electron chi connectivity index (χ2n) is 5.07. The quantitative estimate of drug-likeness (QED) is 0.710. The number of hydrogen-bond acceptors (Lipinski definition) is 3. The lowest BCUT2D eigenvalue weighted by molar-refractivity contribution is -0.137. The van der Waals surface area contributed by atoms with E-state index in [2.05, 4.69) is 5.32 Å². The van der Waals surface area contributed by atoms with Gasteiger partial charge in [-0.25, -0.2) is 0 Å². The largest absolute Gasteiger partial charge is 0.355 e. The summed E-state index contributed by atoms with van der Waals surface area (Å²) in [6.07, 6.45) is 3.58. The minimum atomic E-state index is -0.140. The number of likely N-dealkylation sites (tertiary alicyclic amines) is 1. The number of hydrogen-bond donors (Lipinski definition) is 2. The molecule has 5 heteroatoms. The molecule has 0 aromatic rings. The van der Waals surface area contributed by atoms with E-state index >= 15 is 0 Å². The van der Waals surface area contributed by atoms with Crippen LogP contribution in [0.1, 0.15) is 25.7 Å². The molecule has 3 N–H and O–H groups in total. The summed E-state index contributed by atoms with van der Waals surface area (Å²) in [7, 11) is 0. The van der Waals surface area contributed by atoms with Crippen molar-refractivity contribution in [3.63, 3.8) is 0 Å². The lowest BCUT2D eigenvalue weighted by Crippen LogP contribution is -2.43. The summed E-state index contributed by atoms with van der Waals surface area (Å²) >= 11 is 0. The highest BCUT2D eigenvalue weighted by Crippen LogP contribution is 2.22. The molecule has 0 aliphatic carbocycles. The molecule has 2 aliphatic rings. The predicted octanol–water partition coefficient (Wildman–Crippen LogP) is -0.290. The van der Waals surface area contributed by atoms with E-state index in [1.165, 1.54) is 6.42 Å². The standard InChI is InChI=1S/C12H21N3O2/c13-4-3-9-2-1-5-15(8-9)12(17)10-6-11(16)14-7-10/h9-10H,1-8,13H2,(H,14,16). The third kappa shape index (κ3) is 2.97. The first-order chi connectivity index (χ1) is 8.20. The highest BCUT2D eigenvalue weighted by molar-refractivity contribution is 5.89. The Kier molecular flexibility index (Phi) is 3.99. The van der Waals surface area contributed by atoms with Crippen molar-refractivity contribution in [1.29, 1.82) is 0 Å². The Hall–Kier alpha value is -1.10. The highest BCUT2D eigenvalue weighted by atomic mass is 16.2. The van der Waals surface area contributed by atoms with Gasteiger partial charge in [0.1, 0.15) is 0 Å². The van der Waals surface area contributed by atoms with Crippen molar-refractivity contribution < 1.29 is 9.59 Å². The van der Waals surface area contributed by atoms with Crippen LogP contribution < -0.4 is 11.1 Å². The molecule has 2 heterocycles. The van der Waals surface area contributed by atoms with Gasteiger partial charge in [-0.3, -0.25) is 9.59 Å². The normalized spacial score (nSPS) is 29.2. The summed E-state index contributed by atoms with van der Waals surface area (Å²) < 4.78 is 0. The average Bonchev–Trinajstić information content (AvgIpc) is 2.76. The maximum atomic E-state index is 12.2. The van der Waals surface area contributed by atoms with E-state index in [0.717, 1.165) is 25.9 Å². The topological polar surface area (TPSA) is 75.4 Å². The molecule has 2 atom stereocenters. The second kappa shape index (κ2) is 5.49. The van der Waals surface area contributed by atoms with Crippen molar-refractivity contribution in [2.24, 2.45) is 17.6 Å². The molecule has 0 spiro atoms. The SMILES string of the molecule is NCCC1CCCN(C(=O)C2CNC(=O)C2)C1. The monoisotopic (exact) mass is 239 g/mol. The summed E-state index contributed by atoms with van der Waals surface area (Å²) in [4.78, 5) is 25.2. The zero-order valence-corrected chi connectivity index (χ0v) is 10.2. The van der Waals surface area contributed by atoms with Crippen LogP contribution in [-0.4, -0.2) is 42.9 Å². The predicted molar refractivity (Wildman–Crippen MR) is 64.1 cm³/mol. The van der Waals surface area contributed by atoms with Crippen molar-refractivity contribution >= 4 is 11.8 Å². The van der Waals surface area contributed by atoms with Gasteiger partial charge in [-0.15, -0.1) is 0 Å². The number of carbonyl (C=O) groups excluding carboxylic acids is 2. The fourth-order valence-corrected chi connectivity index (χ4v) is 2.77. The molecular formula is C12H21N3O2. The highest BCUT2D eigenvalue weighted by Gasteiger charge is 2.33. The van der Waals surface area contributed by atoms with Crippen molar-refractivity contribution in [3.8, 4) is 0 Å². The molecule has 0 radical (unpaired) electrons. The molecule has 2 rings (SSSR count). The Morgan fingerprint density at radius 1 is 1.53 bits per heavy atom. The molecule has 2 saturated heterocycles. The number of carbonyl (C=O) groups is 2. The van der Waals surface area contributed by atoms with Crippen molar-refractivity contribution in [1.82, 2.24) is 10.2 Å². The van der Waals surface area contributed by atoms with Gasteiger partial charge in [0.15, 0.2) is 0 Å². The number of nitrogens with two attached hydrogens (primary N) is 1. The minimum Gasteiger partial charge on any atom is -0.355 e. The maximum absolute atomic E-state index is 12.2. The Bertz CT molecular complexity index is 304. The Balaban J connectivity index is 1.88. The van der Waals surface area contributed by atoms with Crippen LogP contribution in [0.15, 0.2) is 0 Å². The van der Waals surface area contributed by atoms with E-state index in [1.807, 2.05) is 4.90 Å². The molecule has 2 amide bonds. The summed E-state index contributed by atoms with van der Waals surface area (Å²) in [5.74, 6) is 0.547.